The average Bonchev–Trinajstić information content (AvgIpc) is 3.09. The van der Waals surface area contributed by atoms with Crippen LogP contribution in [0.4, 0.5) is 23.0 Å². The molecule has 0 radical (unpaired) electrons. The zero-order chi connectivity index (χ0) is 18.8. The molecule has 0 N–H and O–H groups in total. The lowest BCUT2D eigenvalue weighted by Crippen LogP contribution is -2.25. The van der Waals surface area contributed by atoms with Crippen LogP contribution in [-0.4, -0.2) is 16.6 Å². The first-order chi connectivity index (χ1) is 13.2. The normalized spacial score (nSPS) is 13.3. The van der Waals surface area contributed by atoms with Gasteiger partial charge in [-0.05, 0) is 48.9 Å². The summed E-state index contributed by atoms with van der Waals surface area (Å²) in [6.07, 6.45) is 5.83. The summed E-state index contributed by atoms with van der Waals surface area (Å²) in [6, 6.07) is 17.2. The lowest BCUT2D eigenvalue weighted by atomic mass is 9.92. The maximum atomic E-state index is 4.70. The predicted molar refractivity (Wildman–Crippen MR) is 112 cm³/mol. The van der Waals surface area contributed by atoms with Crippen LogP contribution in [0.5, 0.6) is 0 Å². The molecule has 0 bridgehead atoms. The summed E-state index contributed by atoms with van der Waals surface area (Å²) < 4.78 is 0. The van der Waals surface area contributed by atoms with Crippen molar-refractivity contribution in [1.82, 2.24) is 9.97 Å². The number of fused-ring (bicyclic) bond motifs is 1. The van der Waals surface area contributed by atoms with Crippen molar-refractivity contribution in [3.8, 4) is 0 Å². The quantitative estimate of drug-likeness (QED) is 0.565. The molecule has 4 rings (SSSR count). The van der Waals surface area contributed by atoms with Crippen LogP contribution in [-0.2, 0) is 0 Å². The fourth-order valence-electron chi connectivity index (χ4n) is 4.03. The second-order valence-corrected chi connectivity index (χ2v) is 7.06. The van der Waals surface area contributed by atoms with Crippen molar-refractivity contribution >= 4 is 23.0 Å². The van der Waals surface area contributed by atoms with Gasteiger partial charge < -0.3 is 9.80 Å². The molecule has 2 heterocycles. The van der Waals surface area contributed by atoms with Crippen molar-refractivity contribution in [2.75, 3.05) is 16.5 Å². The highest BCUT2D eigenvalue weighted by Crippen LogP contribution is 2.44. The zero-order valence-electron chi connectivity index (χ0n) is 16.3. The Bertz CT molecular complexity index is 933. The van der Waals surface area contributed by atoms with E-state index in [4.69, 9.17) is 4.98 Å². The topological polar surface area (TPSA) is 32.3 Å². The van der Waals surface area contributed by atoms with E-state index < -0.39 is 0 Å². The number of para-hydroxylation sites is 2. The summed E-state index contributed by atoms with van der Waals surface area (Å²) in [5, 5.41) is 0. The maximum absolute atomic E-state index is 4.70. The van der Waals surface area contributed by atoms with Crippen LogP contribution >= 0.6 is 0 Å². The summed E-state index contributed by atoms with van der Waals surface area (Å²) in [5.41, 5.74) is 5.06. The van der Waals surface area contributed by atoms with Gasteiger partial charge >= 0.3 is 0 Å². The van der Waals surface area contributed by atoms with E-state index >= 15 is 0 Å². The molecule has 0 spiro atoms. The summed E-state index contributed by atoms with van der Waals surface area (Å²) in [7, 11) is 0. The molecule has 0 saturated carbocycles. The van der Waals surface area contributed by atoms with Crippen LogP contribution in [0.2, 0.25) is 0 Å². The number of nitrogens with zero attached hydrogens (tertiary/aromatic N) is 4. The molecule has 2 aromatic carbocycles. The molecule has 1 aromatic heterocycles. The van der Waals surface area contributed by atoms with Gasteiger partial charge in [0.15, 0.2) is 11.6 Å². The van der Waals surface area contributed by atoms with E-state index in [0.717, 1.165) is 31.1 Å². The highest BCUT2D eigenvalue weighted by atomic mass is 15.4. The van der Waals surface area contributed by atoms with E-state index in [0.29, 0.717) is 5.92 Å². The first-order valence-electron chi connectivity index (χ1n) is 9.75. The molecular formula is C23H26N4. The molecule has 0 unspecified atom stereocenters. The largest absolute Gasteiger partial charge is 0.304 e. The van der Waals surface area contributed by atoms with Crippen molar-refractivity contribution < 1.29 is 0 Å². The molecule has 0 aliphatic carbocycles. The zero-order valence-corrected chi connectivity index (χ0v) is 16.3. The second-order valence-electron chi connectivity index (χ2n) is 7.06. The molecule has 4 heteroatoms. The molecule has 138 valence electrons. The van der Waals surface area contributed by atoms with Crippen LogP contribution in [0.1, 0.15) is 43.7 Å². The van der Waals surface area contributed by atoms with Gasteiger partial charge in [-0.2, -0.15) is 0 Å². The lowest BCUT2D eigenvalue weighted by molar-refractivity contribution is 0.641. The minimum Gasteiger partial charge on any atom is -0.304 e. The standard InChI is InChI=1S/C23H26N4/c1-4-18(5-2)19-11-7-9-13-21(19)27-16-26(20-12-8-6-10-17(20)3)22-23(27)25-15-14-24-22/h6-15,18H,4-5,16H2,1-3H3. The minimum absolute atomic E-state index is 0.550. The Morgan fingerprint density at radius 1 is 0.815 bits per heavy atom. The monoisotopic (exact) mass is 358 g/mol. The Morgan fingerprint density at radius 2 is 1.37 bits per heavy atom. The Balaban J connectivity index is 1.82. The lowest BCUT2D eigenvalue weighted by Gasteiger charge is -2.26. The van der Waals surface area contributed by atoms with Crippen molar-refractivity contribution in [3.05, 3.63) is 72.1 Å². The molecular weight excluding hydrogens is 332 g/mol. The third-order valence-corrected chi connectivity index (χ3v) is 5.51. The highest BCUT2D eigenvalue weighted by molar-refractivity contribution is 5.83. The molecule has 0 amide bonds. The van der Waals surface area contributed by atoms with Gasteiger partial charge in [0.1, 0.15) is 6.67 Å². The van der Waals surface area contributed by atoms with Crippen molar-refractivity contribution in [1.29, 1.82) is 0 Å². The first-order valence-corrected chi connectivity index (χ1v) is 9.75. The molecule has 4 nitrogen and oxygen atoms in total. The first kappa shape index (κ1) is 17.5. The van der Waals surface area contributed by atoms with E-state index in [1.54, 1.807) is 12.4 Å². The number of aryl methyl sites for hydroxylation is 1. The molecule has 1 aliphatic heterocycles. The van der Waals surface area contributed by atoms with Crippen LogP contribution in [0, 0.1) is 6.92 Å². The number of aromatic nitrogens is 2. The Labute approximate surface area is 161 Å². The smallest absolute Gasteiger partial charge is 0.178 e. The fraction of sp³-hybridized carbons (Fsp3) is 0.304. The van der Waals surface area contributed by atoms with Crippen LogP contribution in [0.15, 0.2) is 60.9 Å². The van der Waals surface area contributed by atoms with Crippen LogP contribution in [0.3, 0.4) is 0 Å². The molecule has 0 saturated heterocycles. The van der Waals surface area contributed by atoms with Crippen molar-refractivity contribution in [3.63, 3.8) is 0 Å². The van der Waals surface area contributed by atoms with Crippen molar-refractivity contribution in [2.45, 2.75) is 39.5 Å². The van der Waals surface area contributed by atoms with E-state index in [-0.39, 0.29) is 0 Å². The van der Waals surface area contributed by atoms with E-state index in [9.17, 15) is 0 Å². The summed E-state index contributed by atoms with van der Waals surface area (Å²) in [5.74, 6) is 2.40. The molecule has 0 atom stereocenters. The van der Waals surface area contributed by atoms with E-state index in [1.165, 1.54) is 22.5 Å². The van der Waals surface area contributed by atoms with Crippen LogP contribution < -0.4 is 9.80 Å². The molecule has 27 heavy (non-hydrogen) atoms. The van der Waals surface area contributed by atoms with Crippen molar-refractivity contribution in [2.24, 2.45) is 0 Å². The summed E-state index contributed by atoms with van der Waals surface area (Å²) in [4.78, 5) is 13.9. The predicted octanol–water partition coefficient (Wildman–Crippen LogP) is 5.94. The fourth-order valence-corrected chi connectivity index (χ4v) is 4.03. The van der Waals surface area contributed by atoms with E-state index in [1.807, 2.05) is 0 Å². The Morgan fingerprint density at radius 3 is 2.00 bits per heavy atom. The maximum Gasteiger partial charge on any atom is 0.178 e. The number of rotatable bonds is 5. The number of anilines is 4. The molecule has 1 aliphatic rings. The Kier molecular flexibility index (Phi) is 4.80. The van der Waals surface area contributed by atoms with Gasteiger partial charge in [-0.25, -0.2) is 9.97 Å². The van der Waals surface area contributed by atoms with Gasteiger partial charge in [-0.3, -0.25) is 0 Å². The summed E-state index contributed by atoms with van der Waals surface area (Å²) >= 11 is 0. The number of benzene rings is 2. The van der Waals surface area contributed by atoms with Crippen LogP contribution in [0.25, 0.3) is 0 Å². The minimum atomic E-state index is 0.550. The molecule has 3 aromatic rings. The number of hydrogen-bond acceptors (Lipinski definition) is 4. The van der Waals surface area contributed by atoms with Gasteiger partial charge in [0, 0.05) is 23.8 Å². The number of hydrogen-bond donors (Lipinski definition) is 0. The van der Waals surface area contributed by atoms with Gasteiger partial charge in [0.2, 0.25) is 0 Å². The van der Waals surface area contributed by atoms with Gasteiger partial charge in [0.05, 0.1) is 0 Å². The van der Waals surface area contributed by atoms with E-state index in [2.05, 4.69) is 84.1 Å². The third kappa shape index (κ3) is 3.05. The Hall–Kier alpha value is -2.88. The highest BCUT2D eigenvalue weighted by Gasteiger charge is 2.32. The molecule has 0 fully saturated rings. The SMILES string of the molecule is CCC(CC)c1ccccc1N1CN(c2ccccc2C)c2nccnc21. The average molecular weight is 358 g/mol. The van der Waals surface area contributed by atoms with Gasteiger partial charge in [-0.1, -0.05) is 50.2 Å². The summed E-state index contributed by atoms with van der Waals surface area (Å²) in [6.45, 7) is 7.40. The second kappa shape index (κ2) is 7.39. The third-order valence-electron chi connectivity index (χ3n) is 5.51. The van der Waals surface area contributed by atoms with Gasteiger partial charge in [-0.15, -0.1) is 0 Å². The van der Waals surface area contributed by atoms with Gasteiger partial charge in [0.25, 0.3) is 0 Å².